The van der Waals surface area contributed by atoms with Crippen molar-refractivity contribution >= 4 is 23.5 Å². The Hall–Kier alpha value is -2.57. The summed E-state index contributed by atoms with van der Waals surface area (Å²) in [6.07, 6.45) is 4.55. The molecule has 0 bridgehead atoms. The minimum absolute atomic E-state index is 0.0314. The predicted octanol–water partition coefficient (Wildman–Crippen LogP) is 2.12. The Morgan fingerprint density at radius 3 is 2.64 bits per heavy atom. The van der Waals surface area contributed by atoms with Crippen molar-refractivity contribution < 1.29 is 24.2 Å². The molecule has 1 aromatic rings. The van der Waals surface area contributed by atoms with Crippen molar-refractivity contribution in [1.82, 2.24) is 4.90 Å². The number of hydrogen-bond acceptors (Lipinski definition) is 4. The molecular weight excluding hydrogens is 324 g/mol. The molecule has 0 spiro atoms. The second-order valence-electron chi connectivity index (χ2n) is 6.59. The number of aromatic carboxylic acids is 1. The van der Waals surface area contributed by atoms with Gasteiger partial charge in [-0.25, -0.2) is 4.79 Å². The fourth-order valence-corrected chi connectivity index (χ4v) is 3.67. The Balaban J connectivity index is 1.66. The molecule has 0 radical (unpaired) electrons. The van der Waals surface area contributed by atoms with E-state index in [0.29, 0.717) is 12.2 Å². The van der Waals surface area contributed by atoms with E-state index in [1.165, 1.54) is 25.3 Å². The fraction of sp³-hybridized carbons (Fsp3) is 0.500. The molecule has 2 amide bonds. The molecule has 2 N–H and O–H groups in total. The van der Waals surface area contributed by atoms with Crippen molar-refractivity contribution in [3.05, 3.63) is 23.8 Å². The molecule has 0 aromatic heterocycles. The molecule has 1 saturated carbocycles. The number of ether oxygens (including phenoxy) is 1. The number of rotatable bonds is 5. The van der Waals surface area contributed by atoms with Gasteiger partial charge in [0.1, 0.15) is 11.3 Å². The van der Waals surface area contributed by atoms with Crippen molar-refractivity contribution in [3.8, 4) is 5.75 Å². The van der Waals surface area contributed by atoms with Gasteiger partial charge in [0.15, 0.2) is 0 Å². The fourth-order valence-electron chi connectivity index (χ4n) is 3.67. The standard InChI is InChI=1S/C18H22N2O5/c1-25-15-9-12(6-7-14(15)18(23)24)19-17(22)11-8-16(21)20(10-11)13-4-2-3-5-13/h6-7,9,11,13H,2-5,8,10H2,1H3,(H,19,22)(H,23,24). The smallest absolute Gasteiger partial charge is 0.339 e. The van der Waals surface area contributed by atoms with Crippen LogP contribution in [0.15, 0.2) is 18.2 Å². The molecule has 2 fully saturated rings. The molecule has 1 aliphatic carbocycles. The minimum Gasteiger partial charge on any atom is -0.496 e. The van der Waals surface area contributed by atoms with Crippen molar-refractivity contribution in [2.45, 2.75) is 38.1 Å². The van der Waals surface area contributed by atoms with Crippen LogP contribution in [0.2, 0.25) is 0 Å². The topological polar surface area (TPSA) is 95.9 Å². The number of benzene rings is 1. The highest BCUT2D eigenvalue weighted by molar-refractivity contribution is 5.98. The van der Waals surface area contributed by atoms with E-state index in [2.05, 4.69) is 5.32 Å². The zero-order chi connectivity index (χ0) is 18.0. The molecule has 7 heteroatoms. The molecular formula is C18H22N2O5. The van der Waals surface area contributed by atoms with Crippen LogP contribution in [-0.4, -0.2) is 47.5 Å². The van der Waals surface area contributed by atoms with Crippen molar-refractivity contribution in [2.75, 3.05) is 19.0 Å². The first kappa shape index (κ1) is 17.3. The summed E-state index contributed by atoms with van der Waals surface area (Å²) in [4.78, 5) is 37.7. The molecule has 1 aromatic carbocycles. The molecule has 25 heavy (non-hydrogen) atoms. The van der Waals surface area contributed by atoms with Crippen LogP contribution in [0, 0.1) is 5.92 Å². The second kappa shape index (κ2) is 7.13. The lowest BCUT2D eigenvalue weighted by molar-refractivity contribution is -0.129. The van der Waals surface area contributed by atoms with Gasteiger partial charge in [-0.3, -0.25) is 9.59 Å². The van der Waals surface area contributed by atoms with E-state index in [1.807, 2.05) is 4.90 Å². The van der Waals surface area contributed by atoms with Crippen LogP contribution in [0.1, 0.15) is 42.5 Å². The number of hydrogen-bond donors (Lipinski definition) is 2. The minimum atomic E-state index is -1.09. The summed E-state index contributed by atoms with van der Waals surface area (Å²) in [5, 5.41) is 11.9. The maximum absolute atomic E-state index is 12.5. The Bertz CT molecular complexity index is 697. The van der Waals surface area contributed by atoms with Gasteiger partial charge >= 0.3 is 5.97 Å². The predicted molar refractivity (Wildman–Crippen MR) is 90.7 cm³/mol. The third-order valence-corrected chi connectivity index (χ3v) is 4.99. The van der Waals surface area contributed by atoms with Crippen molar-refractivity contribution in [3.63, 3.8) is 0 Å². The Labute approximate surface area is 146 Å². The maximum Gasteiger partial charge on any atom is 0.339 e. The number of anilines is 1. The molecule has 3 rings (SSSR count). The number of methoxy groups -OCH3 is 1. The van der Waals surface area contributed by atoms with E-state index in [-0.39, 0.29) is 41.5 Å². The van der Waals surface area contributed by atoms with E-state index in [0.717, 1.165) is 25.7 Å². The average molecular weight is 346 g/mol. The zero-order valence-corrected chi connectivity index (χ0v) is 14.2. The lowest BCUT2D eigenvalue weighted by Gasteiger charge is -2.23. The van der Waals surface area contributed by atoms with E-state index < -0.39 is 5.97 Å². The van der Waals surface area contributed by atoms with E-state index in [4.69, 9.17) is 9.84 Å². The number of carboxylic acid groups (broad SMARTS) is 1. The van der Waals surface area contributed by atoms with Crippen molar-refractivity contribution in [1.29, 1.82) is 0 Å². The number of nitrogens with one attached hydrogen (secondary N) is 1. The summed E-state index contributed by atoms with van der Waals surface area (Å²) in [5.74, 6) is -1.47. The molecule has 1 heterocycles. The third-order valence-electron chi connectivity index (χ3n) is 4.99. The van der Waals surface area contributed by atoms with Gasteiger partial charge in [0, 0.05) is 30.8 Å². The van der Waals surface area contributed by atoms with E-state index in [9.17, 15) is 14.4 Å². The Morgan fingerprint density at radius 2 is 2.00 bits per heavy atom. The Morgan fingerprint density at radius 1 is 1.28 bits per heavy atom. The van der Waals surface area contributed by atoms with Gasteiger partial charge in [0.05, 0.1) is 13.0 Å². The lowest BCUT2D eigenvalue weighted by atomic mass is 10.1. The van der Waals surface area contributed by atoms with Gasteiger partial charge in [-0.2, -0.15) is 0 Å². The van der Waals surface area contributed by atoms with E-state index in [1.54, 1.807) is 0 Å². The molecule has 2 aliphatic rings. The van der Waals surface area contributed by atoms with Gasteiger partial charge in [0.25, 0.3) is 0 Å². The second-order valence-corrected chi connectivity index (χ2v) is 6.59. The zero-order valence-electron chi connectivity index (χ0n) is 14.2. The molecule has 1 saturated heterocycles. The van der Waals surface area contributed by atoms with Gasteiger partial charge in [0.2, 0.25) is 11.8 Å². The largest absolute Gasteiger partial charge is 0.496 e. The molecule has 134 valence electrons. The average Bonchev–Trinajstić information content (AvgIpc) is 3.23. The van der Waals surface area contributed by atoms with Gasteiger partial charge in [-0.05, 0) is 25.0 Å². The normalized spacial score (nSPS) is 20.8. The SMILES string of the molecule is COc1cc(NC(=O)C2CC(=O)N(C3CCCC3)C2)ccc1C(=O)O. The van der Waals surface area contributed by atoms with Crippen LogP contribution in [0.25, 0.3) is 0 Å². The number of carbonyl (C=O) groups excluding carboxylic acids is 2. The van der Waals surface area contributed by atoms with Crippen LogP contribution in [0.4, 0.5) is 5.69 Å². The van der Waals surface area contributed by atoms with Gasteiger partial charge in [-0.1, -0.05) is 12.8 Å². The van der Waals surface area contributed by atoms with Gasteiger partial charge in [-0.15, -0.1) is 0 Å². The number of amides is 2. The van der Waals surface area contributed by atoms with Crippen molar-refractivity contribution in [2.24, 2.45) is 5.92 Å². The molecule has 1 unspecified atom stereocenters. The summed E-state index contributed by atoms with van der Waals surface area (Å²) >= 11 is 0. The van der Waals surface area contributed by atoms with Crippen LogP contribution in [0.5, 0.6) is 5.75 Å². The first-order valence-electron chi connectivity index (χ1n) is 8.51. The first-order chi connectivity index (χ1) is 12.0. The first-order valence-corrected chi connectivity index (χ1v) is 8.51. The highest BCUT2D eigenvalue weighted by atomic mass is 16.5. The summed E-state index contributed by atoms with van der Waals surface area (Å²) in [6, 6.07) is 4.67. The molecule has 7 nitrogen and oxygen atoms in total. The monoisotopic (exact) mass is 346 g/mol. The summed E-state index contributed by atoms with van der Waals surface area (Å²) in [7, 11) is 1.38. The third kappa shape index (κ3) is 3.60. The lowest BCUT2D eigenvalue weighted by Crippen LogP contribution is -2.35. The molecule has 1 atom stereocenters. The Kier molecular flexibility index (Phi) is 4.92. The maximum atomic E-state index is 12.5. The van der Waals surface area contributed by atoms with Crippen LogP contribution in [0.3, 0.4) is 0 Å². The number of nitrogens with zero attached hydrogens (tertiary/aromatic N) is 1. The van der Waals surface area contributed by atoms with Crippen LogP contribution in [-0.2, 0) is 9.59 Å². The number of carboxylic acids is 1. The van der Waals surface area contributed by atoms with E-state index >= 15 is 0 Å². The molecule has 1 aliphatic heterocycles. The van der Waals surface area contributed by atoms with Gasteiger partial charge < -0.3 is 20.1 Å². The summed E-state index contributed by atoms with van der Waals surface area (Å²) in [5.41, 5.74) is 0.488. The number of carbonyl (C=O) groups is 3. The van der Waals surface area contributed by atoms with Crippen LogP contribution < -0.4 is 10.1 Å². The number of likely N-dealkylation sites (tertiary alicyclic amines) is 1. The van der Waals surface area contributed by atoms with Crippen LogP contribution >= 0.6 is 0 Å². The highest BCUT2D eigenvalue weighted by Crippen LogP contribution is 2.30. The summed E-state index contributed by atoms with van der Waals surface area (Å²) < 4.78 is 5.06. The quantitative estimate of drug-likeness (QED) is 0.851. The highest BCUT2D eigenvalue weighted by Gasteiger charge is 2.38. The summed E-state index contributed by atoms with van der Waals surface area (Å²) in [6.45, 7) is 0.458.